The van der Waals surface area contributed by atoms with Crippen LogP contribution in [0.4, 0.5) is 0 Å². The number of rotatable bonds is 2. The Morgan fingerprint density at radius 3 is 1.21 bits per heavy atom. The van der Waals surface area contributed by atoms with Gasteiger partial charge in [0.25, 0.3) is 0 Å². The third-order valence-corrected chi connectivity index (χ3v) is 5.10. The van der Waals surface area contributed by atoms with Crippen molar-refractivity contribution in [1.82, 2.24) is 0 Å². The van der Waals surface area contributed by atoms with Gasteiger partial charge in [-0.1, -0.05) is 84.9 Å². The Balaban J connectivity index is 0. The van der Waals surface area contributed by atoms with Gasteiger partial charge in [0.05, 0.1) is 0 Å². The molecule has 0 aromatic heterocycles. The van der Waals surface area contributed by atoms with Crippen molar-refractivity contribution in [3.63, 3.8) is 0 Å². The second-order valence-electron chi connectivity index (χ2n) is 5.90. The van der Waals surface area contributed by atoms with Crippen molar-refractivity contribution in [3.8, 4) is 0 Å². The Bertz CT molecular complexity index is 680. The van der Waals surface area contributed by atoms with Crippen LogP contribution in [0.1, 0.15) is 26.7 Å². The first-order valence-electron chi connectivity index (χ1n) is 8.67. The van der Waals surface area contributed by atoms with Crippen LogP contribution in [-0.4, -0.2) is 9.52 Å². The van der Waals surface area contributed by atoms with Crippen LogP contribution in [0.15, 0.2) is 96.1 Å². The van der Waals surface area contributed by atoms with Crippen LogP contribution in [0.2, 0.25) is 0 Å². The van der Waals surface area contributed by atoms with Crippen LogP contribution < -0.4 is 35.2 Å². The van der Waals surface area contributed by atoms with Crippen LogP contribution >= 0.6 is 0 Å². The summed E-state index contributed by atoms with van der Waals surface area (Å²) in [6.07, 6.45) is 16.7. The van der Waals surface area contributed by atoms with Gasteiger partial charge in [-0.05, 0) is 0 Å². The maximum atomic E-state index is 3.12. The summed E-state index contributed by atoms with van der Waals surface area (Å²) in [6.45, 7) is 4.12. The zero-order valence-electron chi connectivity index (χ0n) is 16.3. The van der Waals surface area contributed by atoms with E-state index in [4.69, 9.17) is 0 Å². The second-order valence-corrected chi connectivity index (χ2v) is 7.52. The standard InChI is InChI=1S/C12H11Si.2C6H7.2ClH.Hf/c1-3-7-11(8-4-1)13-12-9-5-2-6-10-12;2*1-6-4-2-3-5-6;;;/h1-10,13H;2*2,4H,3H2,1H3;2*1H;/q;2*-1;;;+4/p-2. The van der Waals surface area contributed by atoms with Gasteiger partial charge in [-0.25, -0.2) is 23.3 Å². The number of hydrogen-bond donors (Lipinski definition) is 0. The van der Waals surface area contributed by atoms with Crippen molar-refractivity contribution >= 4 is 19.9 Å². The molecule has 0 aliphatic heterocycles. The Kier molecular flexibility index (Phi) is 18.9. The summed E-state index contributed by atoms with van der Waals surface area (Å²) in [5.74, 6) is 0. The Hall–Kier alpha value is -0.933. The summed E-state index contributed by atoms with van der Waals surface area (Å²) in [5, 5.41) is 2.90. The molecule has 0 spiro atoms. The average Bonchev–Trinajstić information content (AvgIpc) is 3.31. The molecule has 0 amide bonds. The number of allylic oxidation sites excluding steroid dienone is 8. The van der Waals surface area contributed by atoms with Crippen molar-refractivity contribution in [2.24, 2.45) is 0 Å². The fourth-order valence-corrected chi connectivity index (χ4v) is 3.53. The Morgan fingerprint density at radius 1 is 0.643 bits per heavy atom. The number of hydrogen-bond acceptors (Lipinski definition) is 0. The molecule has 0 heterocycles. The quantitative estimate of drug-likeness (QED) is 0.294. The van der Waals surface area contributed by atoms with E-state index in [0.717, 1.165) is 12.8 Å². The van der Waals surface area contributed by atoms with Gasteiger partial charge >= 0.3 is 25.8 Å². The molecule has 4 heteroatoms. The smallest absolute Gasteiger partial charge is 1.00 e. The topological polar surface area (TPSA) is 0 Å². The summed E-state index contributed by atoms with van der Waals surface area (Å²) in [7, 11) is 0.271. The first kappa shape index (κ1) is 29.3. The van der Waals surface area contributed by atoms with E-state index in [9.17, 15) is 0 Å². The van der Waals surface area contributed by atoms with E-state index in [-0.39, 0.29) is 60.2 Å². The molecule has 0 bridgehead atoms. The summed E-state index contributed by atoms with van der Waals surface area (Å²) in [5.41, 5.74) is 2.55. The first-order chi connectivity index (χ1) is 12.2. The molecule has 0 saturated heterocycles. The van der Waals surface area contributed by atoms with Crippen LogP contribution in [0.25, 0.3) is 0 Å². The summed E-state index contributed by atoms with van der Waals surface area (Å²) in [6, 6.07) is 21.3. The molecule has 28 heavy (non-hydrogen) atoms. The van der Waals surface area contributed by atoms with E-state index in [1.165, 1.54) is 21.5 Å². The number of benzene rings is 2. The molecule has 2 aliphatic carbocycles. The maximum Gasteiger partial charge on any atom is 4.00 e. The molecule has 4 rings (SSSR count). The van der Waals surface area contributed by atoms with E-state index in [1.54, 1.807) is 0 Å². The molecular weight excluding hydrogens is 566 g/mol. The molecule has 2 aromatic rings. The second kappa shape index (κ2) is 18.1. The van der Waals surface area contributed by atoms with Crippen molar-refractivity contribution in [3.05, 3.63) is 108 Å². The minimum absolute atomic E-state index is 0. The number of halogens is 2. The summed E-state index contributed by atoms with van der Waals surface area (Å²) < 4.78 is 0. The fraction of sp³-hybridized carbons (Fsp3) is 0.167. The van der Waals surface area contributed by atoms with Crippen LogP contribution in [0.3, 0.4) is 0 Å². The van der Waals surface area contributed by atoms with Gasteiger partial charge in [0.1, 0.15) is 9.52 Å². The van der Waals surface area contributed by atoms with E-state index in [0.29, 0.717) is 0 Å². The molecule has 2 aromatic carbocycles. The zero-order chi connectivity index (χ0) is 17.7. The molecule has 0 nitrogen and oxygen atoms in total. The van der Waals surface area contributed by atoms with E-state index < -0.39 is 0 Å². The SMILES string of the molecule is CC1=[C-]CC=C1.CC1=[C-]CC=C1.[Cl-].[Cl-].[Hf+4].c1ccc([SiH]c2ccccc2)cc1. The molecule has 0 fully saturated rings. The molecule has 0 atom stereocenters. The van der Waals surface area contributed by atoms with E-state index >= 15 is 0 Å². The maximum absolute atomic E-state index is 3.12. The van der Waals surface area contributed by atoms with Gasteiger partial charge in [0.15, 0.2) is 0 Å². The van der Waals surface area contributed by atoms with Crippen LogP contribution in [0.5, 0.6) is 0 Å². The third-order valence-electron chi connectivity index (χ3n) is 3.67. The molecule has 143 valence electrons. The normalized spacial score (nSPS) is 12.5. The predicted octanol–water partition coefficient (Wildman–Crippen LogP) is -1.53. The van der Waals surface area contributed by atoms with Crippen molar-refractivity contribution in [2.45, 2.75) is 26.7 Å². The molecular formula is C24H25Cl2HfSi. The monoisotopic (exact) mass is 591 g/mol. The van der Waals surface area contributed by atoms with Crippen molar-refractivity contribution < 1.29 is 50.7 Å². The largest absolute Gasteiger partial charge is 4.00 e. The molecule has 0 N–H and O–H groups in total. The summed E-state index contributed by atoms with van der Waals surface area (Å²) >= 11 is 0. The molecule has 0 saturated carbocycles. The Labute approximate surface area is 204 Å². The van der Waals surface area contributed by atoms with Crippen LogP contribution in [0, 0.1) is 12.2 Å². The van der Waals surface area contributed by atoms with Gasteiger partial charge in [-0.3, -0.25) is 12.2 Å². The first-order valence-corrected chi connectivity index (χ1v) is 9.82. The average molecular weight is 591 g/mol. The van der Waals surface area contributed by atoms with Gasteiger partial charge in [0, 0.05) is 0 Å². The third kappa shape index (κ3) is 13.3. The minimum Gasteiger partial charge on any atom is -1.00 e. The molecule has 0 unspecified atom stereocenters. The zero-order valence-corrected chi connectivity index (χ0v) is 22.6. The summed E-state index contributed by atoms with van der Waals surface area (Å²) in [4.78, 5) is 0. The minimum atomic E-state index is 0. The van der Waals surface area contributed by atoms with E-state index in [2.05, 4.69) is 111 Å². The van der Waals surface area contributed by atoms with Gasteiger partial charge in [0.2, 0.25) is 0 Å². The predicted molar refractivity (Wildman–Crippen MR) is 112 cm³/mol. The fourth-order valence-electron chi connectivity index (χ4n) is 2.32. The van der Waals surface area contributed by atoms with Gasteiger partial charge in [-0.2, -0.15) is 12.2 Å². The van der Waals surface area contributed by atoms with E-state index in [1.807, 2.05) is 0 Å². The van der Waals surface area contributed by atoms with Crippen molar-refractivity contribution in [2.75, 3.05) is 0 Å². The van der Waals surface area contributed by atoms with Gasteiger partial charge in [-0.15, -0.1) is 12.8 Å². The van der Waals surface area contributed by atoms with Gasteiger partial charge < -0.3 is 24.8 Å². The van der Waals surface area contributed by atoms with Crippen molar-refractivity contribution in [1.29, 1.82) is 0 Å². The molecule has 2 aliphatic rings. The molecule has 1 radical (unpaired) electrons. The Morgan fingerprint density at radius 2 is 1.00 bits per heavy atom. The van der Waals surface area contributed by atoms with Crippen LogP contribution in [-0.2, 0) is 25.8 Å².